The molecule has 2 amide bonds. The third kappa shape index (κ3) is 3.61. The molecule has 1 aromatic carbocycles. The van der Waals surface area contributed by atoms with Gasteiger partial charge in [0.15, 0.2) is 0 Å². The van der Waals surface area contributed by atoms with Gasteiger partial charge in [0, 0.05) is 36.9 Å². The van der Waals surface area contributed by atoms with Gasteiger partial charge in [-0.25, -0.2) is 0 Å². The number of likely N-dealkylation sites (tertiary alicyclic amines) is 1. The molecule has 5 nitrogen and oxygen atoms in total. The predicted molar refractivity (Wildman–Crippen MR) is 92.7 cm³/mol. The van der Waals surface area contributed by atoms with Gasteiger partial charge in [0.05, 0.1) is 0 Å². The molecule has 5 heteroatoms. The first-order valence-electron chi connectivity index (χ1n) is 8.88. The standard InChI is InChI=1S/C19H26N2O3/c1-2-19(13-22)8-10-21(11-9-19)18(24)15-4-3-5-16(12-15)20-17(23)14-6-7-14/h3-5,12,14,22H,2,6-11,13H2,1H3,(H,20,23). The molecule has 1 aromatic rings. The Morgan fingerprint density at radius 3 is 2.58 bits per heavy atom. The number of carbonyl (C=O) groups excluding carboxylic acids is 2. The molecule has 0 unspecified atom stereocenters. The van der Waals surface area contributed by atoms with Crippen LogP contribution < -0.4 is 5.32 Å². The van der Waals surface area contributed by atoms with Gasteiger partial charge in [-0.3, -0.25) is 9.59 Å². The summed E-state index contributed by atoms with van der Waals surface area (Å²) in [6.45, 7) is 3.63. The topological polar surface area (TPSA) is 69.6 Å². The zero-order chi connectivity index (χ0) is 17.2. The Labute approximate surface area is 143 Å². The lowest BCUT2D eigenvalue weighted by molar-refractivity contribution is -0.117. The summed E-state index contributed by atoms with van der Waals surface area (Å²) in [5.74, 6) is 0.195. The van der Waals surface area contributed by atoms with Crippen LogP contribution >= 0.6 is 0 Å². The van der Waals surface area contributed by atoms with Gasteiger partial charge in [-0.2, -0.15) is 0 Å². The van der Waals surface area contributed by atoms with E-state index in [4.69, 9.17) is 0 Å². The molecule has 24 heavy (non-hydrogen) atoms. The minimum atomic E-state index is -0.0309. The molecule has 1 aliphatic heterocycles. The van der Waals surface area contributed by atoms with Crippen molar-refractivity contribution in [3.8, 4) is 0 Å². The second-order valence-corrected chi connectivity index (χ2v) is 7.15. The average molecular weight is 330 g/mol. The number of hydrogen-bond donors (Lipinski definition) is 2. The number of aliphatic hydroxyl groups is 1. The number of piperidine rings is 1. The molecule has 1 aliphatic carbocycles. The Bertz CT molecular complexity index is 611. The summed E-state index contributed by atoms with van der Waals surface area (Å²) >= 11 is 0. The van der Waals surface area contributed by atoms with Gasteiger partial charge >= 0.3 is 0 Å². The zero-order valence-electron chi connectivity index (χ0n) is 14.3. The average Bonchev–Trinajstić information content (AvgIpc) is 3.47. The summed E-state index contributed by atoms with van der Waals surface area (Å²) < 4.78 is 0. The third-order valence-corrected chi connectivity index (χ3v) is 5.52. The van der Waals surface area contributed by atoms with E-state index in [0.29, 0.717) is 24.3 Å². The summed E-state index contributed by atoms with van der Waals surface area (Å²) in [6, 6.07) is 7.18. The van der Waals surface area contributed by atoms with E-state index in [9.17, 15) is 14.7 Å². The highest BCUT2D eigenvalue weighted by Crippen LogP contribution is 2.35. The molecule has 0 spiro atoms. The van der Waals surface area contributed by atoms with Crippen molar-refractivity contribution in [3.63, 3.8) is 0 Å². The van der Waals surface area contributed by atoms with Crippen LogP contribution in [0.2, 0.25) is 0 Å². The number of anilines is 1. The summed E-state index contributed by atoms with van der Waals surface area (Å²) in [7, 11) is 0. The number of nitrogens with zero attached hydrogens (tertiary/aromatic N) is 1. The van der Waals surface area contributed by atoms with Gasteiger partial charge in [-0.1, -0.05) is 13.0 Å². The lowest BCUT2D eigenvalue weighted by atomic mass is 9.77. The smallest absolute Gasteiger partial charge is 0.253 e. The van der Waals surface area contributed by atoms with Crippen molar-refractivity contribution in [2.45, 2.75) is 39.0 Å². The van der Waals surface area contributed by atoms with E-state index in [1.54, 1.807) is 12.1 Å². The van der Waals surface area contributed by atoms with Gasteiger partial charge in [-0.05, 0) is 55.7 Å². The first kappa shape index (κ1) is 17.0. The SMILES string of the molecule is CCC1(CO)CCN(C(=O)c2cccc(NC(=O)C3CC3)c2)CC1. The molecular formula is C19H26N2O3. The molecule has 0 radical (unpaired) electrons. The predicted octanol–water partition coefficient (Wildman–Crippen LogP) is 2.66. The van der Waals surface area contributed by atoms with E-state index < -0.39 is 0 Å². The Morgan fingerprint density at radius 1 is 1.29 bits per heavy atom. The van der Waals surface area contributed by atoms with Gasteiger partial charge in [0.2, 0.25) is 5.91 Å². The van der Waals surface area contributed by atoms with E-state index >= 15 is 0 Å². The van der Waals surface area contributed by atoms with Crippen molar-refractivity contribution in [1.29, 1.82) is 0 Å². The first-order chi connectivity index (χ1) is 11.6. The Morgan fingerprint density at radius 2 is 2.00 bits per heavy atom. The van der Waals surface area contributed by atoms with E-state index in [1.807, 2.05) is 17.0 Å². The molecule has 3 rings (SSSR count). The fourth-order valence-corrected chi connectivity index (χ4v) is 3.31. The Balaban J connectivity index is 1.64. The monoisotopic (exact) mass is 330 g/mol. The maximum Gasteiger partial charge on any atom is 0.253 e. The Hall–Kier alpha value is -1.88. The van der Waals surface area contributed by atoms with Crippen molar-refractivity contribution >= 4 is 17.5 Å². The quantitative estimate of drug-likeness (QED) is 0.872. The maximum atomic E-state index is 12.7. The number of nitrogens with one attached hydrogen (secondary N) is 1. The summed E-state index contributed by atoms with van der Waals surface area (Å²) in [5.41, 5.74) is 1.27. The second-order valence-electron chi connectivity index (χ2n) is 7.15. The van der Waals surface area contributed by atoms with E-state index in [-0.39, 0.29) is 29.8 Å². The molecule has 130 valence electrons. The number of aliphatic hydroxyl groups excluding tert-OH is 1. The van der Waals surface area contributed by atoms with Crippen LogP contribution in [0.3, 0.4) is 0 Å². The summed E-state index contributed by atoms with van der Waals surface area (Å²) in [4.78, 5) is 26.4. The highest BCUT2D eigenvalue weighted by Gasteiger charge is 2.34. The normalized spacial score (nSPS) is 19.8. The van der Waals surface area contributed by atoms with Gasteiger partial charge in [-0.15, -0.1) is 0 Å². The van der Waals surface area contributed by atoms with Crippen LogP contribution in [-0.4, -0.2) is 41.5 Å². The van der Waals surface area contributed by atoms with Crippen molar-refractivity contribution in [2.75, 3.05) is 25.0 Å². The number of hydrogen-bond acceptors (Lipinski definition) is 3. The van der Waals surface area contributed by atoms with E-state index in [1.165, 1.54) is 0 Å². The number of carbonyl (C=O) groups is 2. The molecule has 1 heterocycles. The molecule has 1 saturated heterocycles. The van der Waals surface area contributed by atoms with Crippen molar-refractivity contribution in [2.24, 2.45) is 11.3 Å². The van der Waals surface area contributed by atoms with Crippen LogP contribution in [-0.2, 0) is 4.79 Å². The van der Waals surface area contributed by atoms with E-state index in [0.717, 1.165) is 32.1 Å². The molecule has 2 aliphatic rings. The molecule has 2 N–H and O–H groups in total. The van der Waals surface area contributed by atoms with Crippen LogP contribution in [0.5, 0.6) is 0 Å². The van der Waals surface area contributed by atoms with Crippen LogP contribution in [0.25, 0.3) is 0 Å². The minimum Gasteiger partial charge on any atom is -0.396 e. The molecule has 0 atom stereocenters. The fraction of sp³-hybridized carbons (Fsp3) is 0.579. The Kier molecular flexibility index (Phi) is 4.90. The highest BCUT2D eigenvalue weighted by molar-refractivity contribution is 5.98. The molecular weight excluding hydrogens is 304 g/mol. The highest BCUT2D eigenvalue weighted by atomic mass is 16.3. The summed E-state index contributed by atoms with van der Waals surface area (Å²) in [5, 5.41) is 12.5. The van der Waals surface area contributed by atoms with Crippen LogP contribution in [0.4, 0.5) is 5.69 Å². The van der Waals surface area contributed by atoms with E-state index in [2.05, 4.69) is 12.2 Å². The number of amides is 2. The van der Waals surface area contributed by atoms with Crippen LogP contribution in [0.1, 0.15) is 49.4 Å². The third-order valence-electron chi connectivity index (χ3n) is 5.52. The lowest BCUT2D eigenvalue weighted by Gasteiger charge is -2.40. The summed E-state index contributed by atoms with van der Waals surface area (Å²) in [6.07, 6.45) is 4.53. The van der Waals surface area contributed by atoms with Crippen LogP contribution in [0, 0.1) is 11.3 Å². The molecule has 0 bridgehead atoms. The lowest BCUT2D eigenvalue weighted by Crippen LogP contribution is -2.44. The second kappa shape index (κ2) is 6.93. The van der Waals surface area contributed by atoms with Crippen LogP contribution in [0.15, 0.2) is 24.3 Å². The van der Waals surface area contributed by atoms with Gasteiger partial charge in [0.25, 0.3) is 5.91 Å². The fourth-order valence-electron chi connectivity index (χ4n) is 3.31. The molecule has 1 saturated carbocycles. The number of rotatable bonds is 5. The minimum absolute atomic E-state index is 0.000152. The first-order valence-corrected chi connectivity index (χ1v) is 8.88. The maximum absolute atomic E-state index is 12.7. The molecule has 0 aromatic heterocycles. The van der Waals surface area contributed by atoms with Crippen molar-refractivity contribution in [3.05, 3.63) is 29.8 Å². The van der Waals surface area contributed by atoms with Crippen molar-refractivity contribution < 1.29 is 14.7 Å². The van der Waals surface area contributed by atoms with Crippen molar-refractivity contribution in [1.82, 2.24) is 4.90 Å². The molecule has 2 fully saturated rings. The van der Waals surface area contributed by atoms with Gasteiger partial charge < -0.3 is 15.3 Å². The number of benzene rings is 1. The van der Waals surface area contributed by atoms with Gasteiger partial charge in [0.1, 0.15) is 0 Å². The largest absolute Gasteiger partial charge is 0.396 e. The zero-order valence-corrected chi connectivity index (χ0v) is 14.3.